The first-order valence-electron chi connectivity index (χ1n) is 21.7. The zero-order valence-corrected chi connectivity index (χ0v) is 35.4. The molecule has 9 rings (SSSR count). The van der Waals surface area contributed by atoms with Crippen LogP contribution in [0, 0.1) is 24.4 Å². The van der Waals surface area contributed by atoms with E-state index in [1.807, 2.05) is 30.0 Å². The second kappa shape index (κ2) is 17.8. The molecule has 0 saturated carbocycles. The number of carbonyl (C=O) groups excluding carboxylic acids is 3. The summed E-state index contributed by atoms with van der Waals surface area (Å²) in [5.74, 6) is -1.63. The molecule has 17 heteroatoms. The molecule has 330 valence electrons. The van der Waals surface area contributed by atoms with Crippen molar-refractivity contribution in [2.75, 3.05) is 74.6 Å². The molecule has 2 aromatic heterocycles. The quantitative estimate of drug-likeness (QED) is 0.138. The maximum Gasteiger partial charge on any atom is 0.249 e. The van der Waals surface area contributed by atoms with E-state index < -0.39 is 29.4 Å². The second-order valence-electron chi connectivity index (χ2n) is 16.8. The highest BCUT2D eigenvalue weighted by molar-refractivity contribution is 6.02. The smallest absolute Gasteiger partial charge is 0.249 e. The number of aromatic amines is 1. The van der Waals surface area contributed by atoms with Gasteiger partial charge in [-0.15, -0.1) is 5.10 Å². The van der Waals surface area contributed by atoms with E-state index >= 15 is 13.2 Å². The molecule has 63 heavy (non-hydrogen) atoms. The molecular weight excluding hydrogens is 814 g/mol. The molecule has 3 amide bonds. The normalized spacial score (nSPS) is 19.1. The average molecular weight is 865 g/mol. The zero-order chi connectivity index (χ0) is 43.8. The van der Waals surface area contributed by atoms with Crippen LogP contribution in [0.25, 0.3) is 27.6 Å². The molecule has 6 heterocycles. The van der Waals surface area contributed by atoms with Crippen LogP contribution in [0.2, 0.25) is 0 Å². The van der Waals surface area contributed by atoms with Gasteiger partial charge >= 0.3 is 0 Å². The van der Waals surface area contributed by atoms with Crippen LogP contribution in [-0.4, -0.2) is 119 Å². The number of fused-ring (bicyclic) bond motifs is 1. The molecule has 0 aliphatic carbocycles. The first-order chi connectivity index (χ1) is 30.5. The minimum atomic E-state index is -0.659. The van der Waals surface area contributed by atoms with Crippen LogP contribution in [-0.2, 0) is 20.9 Å². The number of hydrogen-bond acceptors (Lipinski definition) is 10. The van der Waals surface area contributed by atoms with Gasteiger partial charge in [0.25, 0.3) is 0 Å². The van der Waals surface area contributed by atoms with Gasteiger partial charge in [-0.2, -0.15) is 0 Å². The number of methoxy groups -OCH3 is 1. The number of anilines is 3. The van der Waals surface area contributed by atoms with Crippen LogP contribution < -0.4 is 25.2 Å². The molecule has 14 nitrogen and oxygen atoms in total. The van der Waals surface area contributed by atoms with Crippen LogP contribution >= 0.6 is 0 Å². The third-order valence-electron chi connectivity index (χ3n) is 12.9. The molecule has 3 N–H and O–H groups in total. The predicted octanol–water partition coefficient (Wildman–Crippen LogP) is 5.87. The highest BCUT2D eigenvalue weighted by Gasteiger charge is 2.32. The zero-order valence-electron chi connectivity index (χ0n) is 35.4. The fourth-order valence-corrected chi connectivity index (χ4v) is 9.55. The van der Waals surface area contributed by atoms with Gasteiger partial charge in [0, 0.05) is 117 Å². The molecule has 3 aromatic carbocycles. The molecule has 5 aromatic rings. The molecule has 3 fully saturated rings. The van der Waals surface area contributed by atoms with Crippen molar-refractivity contribution in [3.63, 3.8) is 0 Å². The maximum atomic E-state index is 16.4. The lowest BCUT2D eigenvalue weighted by Gasteiger charge is -2.44. The van der Waals surface area contributed by atoms with E-state index in [-0.39, 0.29) is 31.2 Å². The SMILES string of the molecule is COc1cc(N2CCC(N3CCN(c4ccc(-c5cc(C6=CCCN(C(=O)CCn7ccnn7)C6)c(F)c6[nH]c(C)cc56)c(F)c4)CC3)CC2)c(F)cc1NC1CCC(=O)NC1=O. The summed E-state index contributed by atoms with van der Waals surface area (Å²) >= 11 is 0. The van der Waals surface area contributed by atoms with Gasteiger partial charge < -0.3 is 29.7 Å². The number of amides is 3. The highest BCUT2D eigenvalue weighted by atomic mass is 19.1. The summed E-state index contributed by atoms with van der Waals surface area (Å²) in [5.41, 5.74) is 4.65. The number of halogens is 3. The topological polar surface area (TPSA) is 144 Å². The second-order valence-corrected chi connectivity index (χ2v) is 16.8. The molecule has 3 saturated heterocycles. The Bertz CT molecular complexity index is 2560. The summed E-state index contributed by atoms with van der Waals surface area (Å²) in [6.45, 7) is 7.40. The van der Waals surface area contributed by atoms with Crippen molar-refractivity contribution in [1.82, 2.24) is 35.1 Å². The summed E-state index contributed by atoms with van der Waals surface area (Å²) in [4.78, 5) is 48.6. The fraction of sp³-hybridized carbons (Fsp3) is 0.413. The maximum absolute atomic E-state index is 16.4. The van der Waals surface area contributed by atoms with Crippen molar-refractivity contribution in [3.8, 4) is 16.9 Å². The van der Waals surface area contributed by atoms with Crippen molar-refractivity contribution >= 4 is 51.3 Å². The number of hydrogen-bond donors (Lipinski definition) is 3. The molecule has 4 aliphatic rings. The standard InChI is InChI=1S/C46H51F3N10O4/c1-28-22-35-34(24-33(44(49)45(35)51-28)29-4-3-13-58(27-29)43(61)11-16-59-17-12-50-54-59)32-6-5-31(23-36(32)47)56-20-18-55(19-21-56)30-9-14-57(15-10-30)40-26-41(63-2)39(25-37(40)48)52-38-7-8-42(60)53-46(38)62/h4-6,12,17,22-26,30,38,51-52H,3,7-11,13-16,18-21,27H2,1-2H3,(H,53,60,62). The first kappa shape index (κ1) is 42.0. The summed E-state index contributed by atoms with van der Waals surface area (Å²) in [7, 11) is 1.50. The summed E-state index contributed by atoms with van der Waals surface area (Å²) in [5, 5.41) is 13.7. The summed E-state index contributed by atoms with van der Waals surface area (Å²) in [6, 6.07) is 11.5. The Labute approximate surface area is 363 Å². The van der Waals surface area contributed by atoms with Crippen LogP contribution in [0.3, 0.4) is 0 Å². The Morgan fingerprint density at radius 3 is 2.44 bits per heavy atom. The van der Waals surface area contributed by atoms with E-state index in [0.717, 1.165) is 50.4 Å². The summed E-state index contributed by atoms with van der Waals surface area (Å²) < 4.78 is 55.4. The lowest BCUT2D eigenvalue weighted by molar-refractivity contribution is -0.134. The van der Waals surface area contributed by atoms with Gasteiger partial charge in [0.1, 0.15) is 23.4 Å². The van der Waals surface area contributed by atoms with Crippen LogP contribution in [0.4, 0.5) is 30.2 Å². The van der Waals surface area contributed by atoms with Gasteiger partial charge in [-0.05, 0) is 74.1 Å². The Morgan fingerprint density at radius 2 is 1.71 bits per heavy atom. The molecule has 0 bridgehead atoms. The van der Waals surface area contributed by atoms with Crippen molar-refractivity contribution in [1.29, 1.82) is 0 Å². The van der Waals surface area contributed by atoms with Crippen LogP contribution in [0.15, 0.2) is 60.9 Å². The van der Waals surface area contributed by atoms with E-state index in [0.29, 0.717) is 95.4 Å². The van der Waals surface area contributed by atoms with Gasteiger partial charge in [-0.25, -0.2) is 13.2 Å². The number of nitrogens with one attached hydrogen (secondary N) is 3. The number of ether oxygens (including phenoxy) is 1. The Balaban J connectivity index is 0.834. The van der Waals surface area contributed by atoms with Gasteiger partial charge in [0.2, 0.25) is 17.7 Å². The van der Waals surface area contributed by atoms with Crippen molar-refractivity contribution in [2.24, 2.45) is 0 Å². The number of imide groups is 1. The van der Waals surface area contributed by atoms with E-state index in [1.165, 1.54) is 13.2 Å². The van der Waals surface area contributed by atoms with E-state index in [1.54, 1.807) is 46.2 Å². The van der Waals surface area contributed by atoms with Crippen molar-refractivity contribution in [3.05, 3.63) is 89.6 Å². The largest absolute Gasteiger partial charge is 0.495 e. The molecule has 0 radical (unpaired) electrons. The van der Waals surface area contributed by atoms with Gasteiger partial charge in [-0.3, -0.25) is 29.3 Å². The fourth-order valence-electron chi connectivity index (χ4n) is 9.55. The highest BCUT2D eigenvalue weighted by Crippen LogP contribution is 2.39. The molecule has 1 unspecified atom stereocenters. The minimum absolute atomic E-state index is 0.0540. The number of aromatic nitrogens is 4. The Hall–Kier alpha value is -6.36. The number of nitrogens with zero attached hydrogens (tertiary/aromatic N) is 7. The van der Waals surface area contributed by atoms with Gasteiger partial charge in [0.15, 0.2) is 5.82 Å². The van der Waals surface area contributed by atoms with E-state index in [2.05, 4.69) is 35.7 Å². The lowest BCUT2D eigenvalue weighted by Crippen LogP contribution is -2.53. The van der Waals surface area contributed by atoms with Gasteiger partial charge in [-0.1, -0.05) is 11.3 Å². The van der Waals surface area contributed by atoms with E-state index in [4.69, 9.17) is 4.74 Å². The van der Waals surface area contributed by atoms with E-state index in [9.17, 15) is 14.4 Å². The number of H-pyrrole nitrogens is 1. The third-order valence-corrected chi connectivity index (χ3v) is 12.9. The molecule has 1 atom stereocenters. The Morgan fingerprint density at radius 1 is 0.905 bits per heavy atom. The molecular formula is C46H51F3N10O4. The lowest BCUT2D eigenvalue weighted by atomic mass is 9.92. The number of piperidine rings is 2. The summed E-state index contributed by atoms with van der Waals surface area (Å²) in [6.07, 6.45) is 8.29. The van der Waals surface area contributed by atoms with Crippen molar-refractivity contribution in [2.45, 2.75) is 64.1 Å². The van der Waals surface area contributed by atoms with Gasteiger partial charge in [0.05, 0.1) is 36.7 Å². The number of piperazine rings is 1. The number of benzene rings is 3. The number of aryl methyl sites for hydroxylation is 2. The monoisotopic (exact) mass is 864 g/mol. The third kappa shape index (κ3) is 8.70. The number of rotatable bonds is 11. The minimum Gasteiger partial charge on any atom is -0.495 e. The van der Waals surface area contributed by atoms with Crippen molar-refractivity contribution < 1.29 is 32.3 Å². The predicted molar refractivity (Wildman–Crippen MR) is 234 cm³/mol. The van der Waals surface area contributed by atoms with Crippen LogP contribution in [0.1, 0.15) is 49.8 Å². The number of carbonyl (C=O) groups is 3. The Kier molecular flexibility index (Phi) is 11.8. The molecule has 4 aliphatic heterocycles. The first-order valence-corrected chi connectivity index (χ1v) is 21.7. The molecule has 0 spiro atoms. The van der Waals surface area contributed by atoms with Crippen LogP contribution in [0.5, 0.6) is 5.75 Å². The average Bonchev–Trinajstić information content (AvgIpc) is 3.97.